The Morgan fingerprint density at radius 1 is 1.21 bits per heavy atom. The number of urea groups is 1. The quantitative estimate of drug-likeness (QED) is 0.727. The van der Waals surface area contributed by atoms with Gasteiger partial charge in [-0.2, -0.15) is 11.3 Å². The zero-order valence-electron chi connectivity index (χ0n) is 15.7. The molecule has 1 heterocycles. The number of fused-ring (bicyclic) bond motifs is 2. The number of Topliss-reactive ketones (excluding diaryl/α,β-unsaturated/α-hetero) is 1. The summed E-state index contributed by atoms with van der Waals surface area (Å²) in [6.45, 7) is 3.28. The van der Waals surface area contributed by atoms with Crippen LogP contribution >= 0.6 is 11.3 Å². The van der Waals surface area contributed by atoms with E-state index in [-0.39, 0.29) is 5.78 Å². The first-order valence-corrected chi connectivity index (χ1v) is 11.2. The van der Waals surface area contributed by atoms with Gasteiger partial charge in [-0.05, 0) is 71.4 Å². The van der Waals surface area contributed by atoms with Crippen molar-refractivity contribution in [3.63, 3.8) is 0 Å². The molecule has 0 spiro atoms. The van der Waals surface area contributed by atoms with Gasteiger partial charge in [0.05, 0.1) is 11.3 Å². The van der Waals surface area contributed by atoms with Gasteiger partial charge in [-0.1, -0.05) is 12.1 Å². The average molecular weight is 418 g/mol. The highest BCUT2D eigenvalue weighted by atomic mass is 32.2. The minimum absolute atomic E-state index is 0.0363. The predicted molar refractivity (Wildman–Crippen MR) is 108 cm³/mol. The summed E-state index contributed by atoms with van der Waals surface area (Å²) >= 11 is 1.19. The summed E-state index contributed by atoms with van der Waals surface area (Å²) in [5.41, 5.74) is 3.89. The number of hydrogen-bond donors (Lipinski definition) is 2. The molecule has 6 nitrogen and oxygen atoms in total. The Labute approximate surface area is 169 Å². The number of benzene rings is 1. The zero-order valence-corrected chi connectivity index (χ0v) is 17.3. The number of ketones is 1. The molecule has 0 bridgehead atoms. The van der Waals surface area contributed by atoms with Crippen LogP contribution in [0.3, 0.4) is 0 Å². The number of amides is 2. The van der Waals surface area contributed by atoms with E-state index in [0.717, 1.165) is 30.4 Å². The van der Waals surface area contributed by atoms with E-state index in [4.69, 9.17) is 0 Å². The Morgan fingerprint density at radius 2 is 2.00 bits per heavy atom. The molecule has 0 saturated carbocycles. The molecule has 0 unspecified atom stereocenters. The Bertz CT molecular complexity index is 1070. The van der Waals surface area contributed by atoms with Crippen molar-refractivity contribution in [2.75, 3.05) is 5.32 Å². The van der Waals surface area contributed by atoms with Gasteiger partial charge >= 0.3 is 6.03 Å². The molecule has 0 atom stereocenters. The van der Waals surface area contributed by atoms with E-state index in [2.05, 4.69) is 15.7 Å². The third-order valence-corrected chi connectivity index (χ3v) is 7.47. The molecule has 28 heavy (non-hydrogen) atoms. The fraction of sp³-hybridized carbons (Fsp3) is 0.400. The van der Waals surface area contributed by atoms with Crippen molar-refractivity contribution in [1.82, 2.24) is 0 Å². The topological polar surface area (TPSA) is 95.8 Å². The fourth-order valence-electron chi connectivity index (χ4n) is 3.81. The number of anilines is 1. The average Bonchev–Trinajstić information content (AvgIpc) is 3.33. The van der Waals surface area contributed by atoms with Crippen LogP contribution in [0, 0.1) is 0 Å². The summed E-state index contributed by atoms with van der Waals surface area (Å²) in [6, 6.07) is 2.97. The Balaban J connectivity index is 1.63. The molecule has 0 saturated heterocycles. The predicted octanol–water partition coefficient (Wildman–Crippen LogP) is 4.33. The lowest BCUT2D eigenvalue weighted by Gasteiger charge is -2.15. The lowest BCUT2D eigenvalue weighted by atomic mass is 9.98. The number of aliphatic hydroxyl groups is 1. The van der Waals surface area contributed by atoms with Gasteiger partial charge < -0.3 is 19.0 Å². The van der Waals surface area contributed by atoms with E-state index in [9.17, 15) is 18.9 Å². The largest absolute Gasteiger partial charge is 0.439 e. The summed E-state index contributed by atoms with van der Waals surface area (Å²) in [6.07, 6.45) is 3.90. The third-order valence-electron chi connectivity index (χ3n) is 5.23. The monoisotopic (exact) mass is 417 g/mol. The standard InChI is InChI=1S/C20H21N2O4S2/c1-20(2,25)13-9-16(27-10-13)28(26)22-19(24)21-18-14-5-3-4-11(14)8-12-6-7-15(23)17(12)18/h8-10,25H,3-7H2,1-2H3,(H,21,24)/q-1. The van der Waals surface area contributed by atoms with Crippen molar-refractivity contribution >= 4 is 39.4 Å². The number of carbonyl (C=O) groups is 2. The van der Waals surface area contributed by atoms with Gasteiger partial charge in [0.15, 0.2) is 5.78 Å². The van der Waals surface area contributed by atoms with Gasteiger partial charge in [0.1, 0.15) is 0 Å². The number of carbonyl (C=O) groups excluding carboxylic acids is 2. The van der Waals surface area contributed by atoms with Crippen LogP contribution in [0.25, 0.3) is 0 Å². The zero-order chi connectivity index (χ0) is 20.1. The van der Waals surface area contributed by atoms with Crippen molar-refractivity contribution < 1.29 is 18.9 Å². The number of thiophene rings is 1. The molecule has 2 amide bonds. The van der Waals surface area contributed by atoms with E-state index in [1.54, 1.807) is 25.3 Å². The molecule has 1 aromatic heterocycles. The van der Waals surface area contributed by atoms with Crippen LogP contribution in [0.5, 0.6) is 0 Å². The SMILES string of the molecule is CC(C)(O)c1csc(/[S-](=O)=N/C(=O)Nc2c3c(cc4c2C(=O)CC4)CCC3)c1. The van der Waals surface area contributed by atoms with Gasteiger partial charge in [-0.15, -0.1) is 10.6 Å². The fourth-order valence-corrected chi connectivity index (χ4v) is 5.71. The number of rotatable bonds is 3. The van der Waals surface area contributed by atoms with E-state index in [1.807, 2.05) is 0 Å². The molecule has 2 N–H and O–H groups in total. The lowest BCUT2D eigenvalue weighted by molar-refractivity contribution is 0.0789. The summed E-state index contributed by atoms with van der Waals surface area (Å²) in [5.74, 6) is 0.0363. The summed E-state index contributed by atoms with van der Waals surface area (Å²) in [5, 5.41) is 14.5. The molecule has 148 valence electrons. The van der Waals surface area contributed by atoms with E-state index in [1.165, 1.54) is 16.9 Å². The first kappa shape index (κ1) is 19.3. The van der Waals surface area contributed by atoms with Crippen LogP contribution in [0.2, 0.25) is 0 Å². The molecular weight excluding hydrogens is 396 g/mol. The van der Waals surface area contributed by atoms with Gasteiger partial charge in [-0.25, -0.2) is 4.79 Å². The molecule has 4 rings (SSSR count). The number of nitrogens with one attached hydrogen (secondary N) is 1. The van der Waals surface area contributed by atoms with Crippen LogP contribution in [-0.4, -0.2) is 16.9 Å². The van der Waals surface area contributed by atoms with E-state index in [0.29, 0.717) is 33.9 Å². The molecular formula is C20H21N2O4S2-. The second kappa shape index (κ2) is 7.09. The third kappa shape index (κ3) is 3.52. The molecule has 1 aromatic carbocycles. The molecule has 0 aliphatic heterocycles. The van der Waals surface area contributed by atoms with Gasteiger partial charge in [0, 0.05) is 12.0 Å². The minimum atomic E-state index is -1.87. The molecule has 8 heteroatoms. The molecule has 2 aliphatic rings. The first-order valence-electron chi connectivity index (χ1n) is 9.21. The van der Waals surface area contributed by atoms with Crippen molar-refractivity contribution in [2.45, 2.75) is 55.8 Å². The van der Waals surface area contributed by atoms with Gasteiger partial charge in [0.2, 0.25) is 0 Å². The highest BCUT2D eigenvalue weighted by Gasteiger charge is 2.29. The lowest BCUT2D eigenvalue weighted by Crippen LogP contribution is -2.14. The van der Waals surface area contributed by atoms with E-state index >= 15 is 0 Å². The van der Waals surface area contributed by atoms with Gasteiger partial charge in [0.25, 0.3) is 0 Å². The highest BCUT2D eigenvalue weighted by molar-refractivity contribution is 7.78. The minimum Gasteiger partial charge on any atom is -0.439 e. The summed E-state index contributed by atoms with van der Waals surface area (Å²) < 4.78 is 16.6. The van der Waals surface area contributed by atoms with Crippen molar-refractivity contribution in [3.05, 3.63) is 45.3 Å². The normalized spacial score (nSPS) is 16.9. The van der Waals surface area contributed by atoms with Crippen LogP contribution in [0.1, 0.15) is 59.3 Å². The van der Waals surface area contributed by atoms with Crippen LogP contribution in [-0.2, 0) is 39.7 Å². The maximum atomic E-state index is 12.5. The smallest absolute Gasteiger partial charge is 0.322 e. The summed E-state index contributed by atoms with van der Waals surface area (Å²) in [4.78, 5) is 24.8. The molecule has 0 radical (unpaired) electrons. The van der Waals surface area contributed by atoms with Crippen LogP contribution in [0.15, 0.2) is 26.1 Å². The van der Waals surface area contributed by atoms with Crippen molar-refractivity contribution in [2.24, 2.45) is 4.36 Å². The second-order valence-electron chi connectivity index (χ2n) is 7.68. The molecule has 2 aromatic rings. The van der Waals surface area contributed by atoms with Crippen LogP contribution in [0.4, 0.5) is 10.5 Å². The van der Waals surface area contributed by atoms with Crippen molar-refractivity contribution in [3.8, 4) is 0 Å². The number of nitrogens with zero attached hydrogens (tertiary/aromatic N) is 1. The maximum absolute atomic E-state index is 12.5. The Hall–Kier alpha value is -2.03. The molecule has 2 aliphatic carbocycles. The highest BCUT2D eigenvalue weighted by Crippen LogP contribution is 2.38. The van der Waals surface area contributed by atoms with Gasteiger partial charge in [-0.3, -0.25) is 4.79 Å². The number of hydrogen-bond acceptors (Lipinski definition) is 6. The van der Waals surface area contributed by atoms with Crippen molar-refractivity contribution in [1.29, 1.82) is 0 Å². The molecule has 0 fully saturated rings. The maximum Gasteiger partial charge on any atom is 0.322 e. The summed E-state index contributed by atoms with van der Waals surface area (Å²) in [7, 11) is -1.87. The van der Waals surface area contributed by atoms with E-state index < -0.39 is 22.2 Å². The van der Waals surface area contributed by atoms with Crippen LogP contribution < -0.4 is 5.32 Å². The second-order valence-corrected chi connectivity index (χ2v) is 9.97. The Kier molecular flexibility index (Phi) is 4.89. The number of aryl methyl sites for hydroxylation is 2. The Morgan fingerprint density at radius 3 is 2.71 bits per heavy atom. The first-order chi connectivity index (χ1) is 13.2.